The summed E-state index contributed by atoms with van der Waals surface area (Å²) in [4.78, 5) is 0. The molecule has 0 saturated carbocycles. The zero-order valence-corrected chi connectivity index (χ0v) is 10.4. The lowest BCUT2D eigenvalue weighted by Gasteiger charge is -2.29. The molecule has 0 unspecified atom stereocenters. The minimum absolute atomic E-state index is 0.833. The van der Waals surface area contributed by atoms with Crippen molar-refractivity contribution in [3.8, 4) is 0 Å². The Morgan fingerprint density at radius 2 is 1.69 bits per heavy atom. The topological polar surface area (TPSA) is 9.23 Å². The molecule has 0 aliphatic rings. The third-order valence-corrected chi connectivity index (χ3v) is 7.19. The lowest BCUT2D eigenvalue weighted by Crippen LogP contribution is -2.34. The molecule has 0 amide bonds. The normalized spacial score (nSPS) is 12.0. The fourth-order valence-corrected chi connectivity index (χ4v) is 4.02. The molecule has 0 atom stereocenters. The summed E-state index contributed by atoms with van der Waals surface area (Å²) in [5, 5.41) is 0. The van der Waals surface area contributed by atoms with Crippen molar-refractivity contribution >= 4 is 8.32 Å². The first kappa shape index (κ1) is 12.5. The van der Waals surface area contributed by atoms with Gasteiger partial charge in [0.2, 0.25) is 8.32 Å². The van der Waals surface area contributed by atoms with Gasteiger partial charge in [0.1, 0.15) is 0 Å². The van der Waals surface area contributed by atoms with E-state index < -0.39 is 8.32 Å². The molecule has 1 nitrogen and oxygen atoms in total. The predicted octanol–water partition coefficient (Wildman–Crippen LogP) is 4.10. The molecule has 0 rings (SSSR count). The molecule has 0 aromatic carbocycles. The summed E-state index contributed by atoms with van der Waals surface area (Å²) in [6.45, 7) is 12.6. The van der Waals surface area contributed by atoms with Crippen LogP contribution in [0, 0.1) is 0 Å². The molecule has 0 bridgehead atoms. The standard InChI is InChI=1S/C11H22OSi/c1-6-10-11(5)12-13(7-2,8-3)9-4/h6,10H,5,7-9H2,1-4H3. The molecule has 0 aromatic heterocycles. The molecular weight excluding hydrogens is 176 g/mol. The highest BCUT2D eigenvalue weighted by molar-refractivity contribution is 6.73. The van der Waals surface area contributed by atoms with Gasteiger partial charge in [-0.05, 0) is 31.1 Å². The van der Waals surface area contributed by atoms with Gasteiger partial charge in [-0.25, -0.2) is 0 Å². The van der Waals surface area contributed by atoms with Gasteiger partial charge < -0.3 is 4.43 Å². The minimum atomic E-state index is -1.47. The Bertz CT molecular complexity index is 172. The molecule has 13 heavy (non-hydrogen) atoms. The van der Waals surface area contributed by atoms with Crippen LogP contribution in [0.3, 0.4) is 0 Å². The van der Waals surface area contributed by atoms with Crippen molar-refractivity contribution in [2.24, 2.45) is 0 Å². The van der Waals surface area contributed by atoms with Crippen molar-refractivity contribution in [1.29, 1.82) is 0 Å². The van der Waals surface area contributed by atoms with Crippen LogP contribution in [0.25, 0.3) is 0 Å². The van der Waals surface area contributed by atoms with Gasteiger partial charge in [0, 0.05) is 0 Å². The van der Waals surface area contributed by atoms with Crippen molar-refractivity contribution in [3.05, 3.63) is 24.5 Å². The second-order valence-corrected chi connectivity index (χ2v) is 8.00. The first-order valence-corrected chi connectivity index (χ1v) is 7.67. The molecule has 0 aromatic rings. The van der Waals surface area contributed by atoms with E-state index in [0.29, 0.717) is 0 Å². The van der Waals surface area contributed by atoms with Gasteiger partial charge in [0.25, 0.3) is 0 Å². The van der Waals surface area contributed by atoms with Crippen LogP contribution in [-0.2, 0) is 4.43 Å². The molecular formula is C11H22OSi. The molecule has 0 spiro atoms. The fraction of sp³-hybridized carbons (Fsp3) is 0.636. The maximum absolute atomic E-state index is 5.98. The third-order valence-electron chi connectivity index (χ3n) is 2.63. The Morgan fingerprint density at radius 1 is 1.23 bits per heavy atom. The van der Waals surface area contributed by atoms with Crippen LogP contribution in [0.4, 0.5) is 0 Å². The highest BCUT2D eigenvalue weighted by atomic mass is 28.4. The van der Waals surface area contributed by atoms with Gasteiger partial charge in [0.05, 0.1) is 5.76 Å². The van der Waals surface area contributed by atoms with Gasteiger partial charge in [-0.1, -0.05) is 33.4 Å². The van der Waals surface area contributed by atoms with E-state index in [4.69, 9.17) is 4.43 Å². The monoisotopic (exact) mass is 198 g/mol. The molecule has 0 aliphatic heterocycles. The van der Waals surface area contributed by atoms with E-state index in [1.165, 1.54) is 18.1 Å². The Morgan fingerprint density at radius 3 is 2.00 bits per heavy atom. The van der Waals surface area contributed by atoms with E-state index in [0.717, 1.165) is 5.76 Å². The molecule has 0 fully saturated rings. The average Bonchev–Trinajstić information content (AvgIpc) is 2.15. The maximum atomic E-state index is 5.98. The molecule has 0 saturated heterocycles. The Hall–Kier alpha value is -0.503. The Kier molecular flexibility index (Phi) is 5.79. The second-order valence-electron chi connectivity index (χ2n) is 3.31. The summed E-state index contributed by atoms with van der Waals surface area (Å²) in [6.07, 6.45) is 3.92. The zero-order valence-electron chi connectivity index (χ0n) is 9.39. The van der Waals surface area contributed by atoms with Gasteiger partial charge >= 0.3 is 0 Å². The number of hydrogen-bond acceptors (Lipinski definition) is 1. The third kappa shape index (κ3) is 3.81. The lowest BCUT2D eigenvalue weighted by atomic mass is 10.5. The Labute approximate surface area is 83.6 Å². The average molecular weight is 198 g/mol. The molecule has 76 valence electrons. The van der Waals surface area contributed by atoms with E-state index in [1.807, 2.05) is 19.1 Å². The van der Waals surface area contributed by atoms with E-state index in [-0.39, 0.29) is 0 Å². The molecule has 0 heterocycles. The van der Waals surface area contributed by atoms with Gasteiger partial charge in [-0.15, -0.1) is 0 Å². The minimum Gasteiger partial charge on any atom is -0.544 e. The van der Waals surface area contributed by atoms with Crippen LogP contribution in [0.5, 0.6) is 0 Å². The van der Waals surface area contributed by atoms with Crippen LogP contribution in [0.2, 0.25) is 18.1 Å². The van der Waals surface area contributed by atoms with E-state index >= 15 is 0 Å². The fourth-order valence-electron chi connectivity index (χ4n) is 1.46. The smallest absolute Gasteiger partial charge is 0.250 e. The molecule has 2 heteroatoms. The number of allylic oxidation sites excluding steroid dienone is 2. The number of rotatable bonds is 6. The summed E-state index contributed by atoms with van der Waals surface area (Å²) in [7, 11) is -1.47. The highest BCUT2D eigenvalue weighted by Gasteiger charge is 2.30. The van der Waals surface area contributed by atoms with Crippen molar-refractivity contribution in [2.75, 3.05) is 0 Å². The van der Waals surface area contributed by atoms with Gasteiger partial charge in [-0.3, -0.25) is 0 Å². The summed E-state index contributed by atoms with van der Waals surface area (Å²) in [5.74, 6) is 0.833. The largest absolute Gasteiger partial charge is 0.544 e. The van der Waals surface area contributed by atoms with Crippen LogP contribution >= 0.6 is 0 Å². The summed E-state index contributed by atoms with van der Waals surface area (Å²) in [5.41, 5.74) is 0. The van der Waals surface area contributed by atoms with Gasteiger partial charge in [-0.2, -0.15) is 0 Å². The van der Waals surface area contributed by atoms with Crippen LogP contribution < -0.4 is 0 Å². The van der Waals surface area contributed by atoms with Crippen LogP contribution in [-0.4, -0.2) is 8.32 Å². The van der Waals surface area contributed by atoms with Crippen molar-refractivity contribution in [3.63, 3.8) is 0 Å². The lowest BCUT2D eigenvalue weighted by molar-refractivity contribution is 0.425. The van der Waals surface area contributed by atoms with Crippen LogP contribution in [0.15, 0.2) is 24.5 Å². The summed E-state index contributed by atoms with van der Waals surface area (Å²) in [6, 6.07) is 3.53. The first-order chi connectivity index (χ1) is 6.14. The zero-order chi connectivity index (χ0) is 10.3. The van der Waals surface area contributed by atoms with Crippen LogP contribution in [0.1, 0.15) is 27.7 Å². The quantitative estimate of drug-likeness (QED) is 0.355. The predicted molar refractivity (Wildman–Crippen MR) is 62.2 cm³/mol. The highest BCUT2D eigenvalue weighted by Crippen LogP contribution is 2.24. The molecule has 0 aliphatic carbocycles. The summed E-state index contributed by atoms with van der Waals surface area (Å²) >= 11 is 0. The molecule has 0 radical (unpaired) electrons. The SMILES string of the molecule is C=C(C=CC)O[Si](CC)(CC)CC. The molecule has 0 N–H and O–H groups in total. The van der Waals surface area contributed by atoms with Crippen molar-refractivity contribution in [2.45, 2.75) is 45.8 Å². The van der Waals surface area contributed by atoms with Gasteiger partial charge in [0.15, 0.2) is 0 Å². The summed E-state index contributed by atoms with van der Waals surface area (Å²) < 4.78 is 5.98. The first-order valence-electron chi connectivity index (χ1n) is 5.14. The van der Waals surface area contributed by atoms with Crippen molar-refractivity contribution < 1.29 is 4.43 Å². The van der Waals surface area contributed by atoms with E-state index in [2.05, 4.69) is 27.4 Å². The van der Waals surface area contributed by atoms with E-state index in [1.54, 1.807) is 0 Å². The Balaban J connectivity index is 4.32. The van der Waals surface area contributed by atoms with E-state index in [9.17, 15) is 0 Å². The van der Waals surface area contributed by atoms with Crippen molar-refractivity contribution in [1.82, 2.24) is 0 Å². The number of hydrogen-bond donors (Lipinski definition) is 0. The maximum Gasteiger partial charge on any atom is 0.250 e. The second kappa shape index (κ2) is 6.03.